The normalized spacial score (nSPS) is 21.3. The molecule has 0 radical (unpaired) electrons. The maximum Gasteiger partial charge on any atom is 0.129 e. The molecule has 1 fully saturated rings. The van der Waals surface area contributed by atoms with Gasteiger partial charge in [-0.3, -0.25) is 4.90 Å². The zero-order valence-electron chi connectivity index (χ0n) is 9.15. The largest absolute Gasteiger partial charge is 0.355 e. The zero-order chi connectivity index (χ0) is 10.8. The van der Waals surface area contributed by atoms with Crippen molar-refractivity contribution < 1.29 is 0 Å². The van der Waals surface area contributed by atoms with Crippen molar-refractivity contribution in [3.05, 3.63) is 23.5 Å². The molecule has 1 unspecified atom stereocenters. The molecule has 0 saturated carbocycles. The molecule has 0 aromatic carbocycles. The molecule has 1 aliphatic rings. The van der Waals surface area contributed by atoms with Crippen LogP contribution in [0.15, 0.2) is 18.3 Å². The number of hydrogen-bond donors (Lipinski definition) is 0. The smallest absolute Gasteiger partial charge is 0.129 e. The van der Waals surface area contributed by atoms with Crippen molar-refractivity contribution in [3.63, 3.8) is 0 Å². The Balaban J connectivity index is 2.19. The molecule has 0 bridgehead atoms. The van der Waals surface area contributed by atoms with Crippen molar-refractivity contribution in [2.45, 2.75) is 19.0 Å². The highest BCUT2D eigenvalue weighted by atomic mass is 35.5. The van der Waals surface area contributed by atoms with Gasteiger partial charge in [0.1, 0.15) is 5.15 Å². The Morgan fingerprint density at radius 3 is 2.87 bits per heavy atom. The van der Waals surface area contributed by atoms with Crippen molar-refractivity contribution in [1.29, 1.82) is 0 Å². The lowest BCUT2D eigenvalue weighted by Crippen LogP contribution is -2.40. The van der Waals surface area contributed by atoms with Crippen LogP contribution in [-0.4, -0.2) is 36.7 Å². The summed E-state index contributed by atoms with van der Waals surface area (Å²) in [4.78, 5) is 8.75. The van der Waals surface area contributed by atoms with Crippen LogP contribution in [0, 0.1) is 0 Å². The minimum Gasteiger partial charge on any atom is -0.355 e. The van der Waals surface area contributed by atoms with Crippen LogP contribution >= 0.6 is 11.6 Å². The van der Waals surface area contributed by atoms with Crippen LogP contribution in [0.4, 0.5) is 5.69 Å². The van der Waals surface area contributed by atoms with Crippen LogP contribution in [0.1, 0.15) is 12.8 Å². The third-order valence-electron chi connectivity index (χ3n) is 2.86. The van der Waals surface area contributed by atoms with E-state index in [9.17, 15) is 0 Å². The van der Waals surface area contributed by atoms with Crippen LogP contribution < -0.4 is 4.90 Å². The monoisotopic (exact) mass is 225 g/mol. The topological polar surface area (TPSA) is 19.4 Å². The van der Waals surface area contributed by atoms with Crippen LogP contribution in [0.25, 0.3) is 0 Å². The molecule has 3 nitrogen and oxygen atoms in total. The van der Waals surface area contributed by atoms with E-state index in [0.717, 1.165) is 12.2 Å². The SMILES string of the molecule is CN(C)C1CCCN1c1ccc(Cl)nc1. The van der Waals surface area contributed by atoms with Gasteiger partial charge < -0.3 is 4.90 Å². The van der Waals surface area contributed by atoms with Crippen molar-refractivity contribution in [1.82, 2.24) is 9.88 Å². The molecule has 1 atom stereocenters. The number of halogens is 1. The van der Waals surface area contributed by atoms with Gasteiger partial charge in [-0.05, 0) is 39.1 Å². The number of anilines is 1. The second kappa shape index (κ2) is 4.37. The van der Waals surface area contributed by atoms with Gasteiger partial charge in [0.05, 0.1) is 18.1 Å². The van der Waals surface area contributed by atoms with E-state index >= 15 is 0 Å². The van der Waals surface area contributed by atoms with Crippen LogP contribution in [0.2, 0.25) is 5.15 Å². The highest BCUT2D eigenvalue weighted by Crippen LogP contribution is 2.26. The average Bonchev–Trinajstić information content (AvgIpc) is 2.67. The Morgan fingerprint density at radius 1 is 1.47 bits per heavy atom. The van der Waals surface area contributed by atoms with Gasteiger partial charge in [0.15, 0.2) is 0 Å². The predicted molar refractivity (Wildman–Crippen MR) is 63.3 cm³/mol. The second-order valence-corrected chi connectivity index (χ2v) is 4.51. The van der Waals surface area contributed by atoms with Crippen LogP contribution in [-0.2, 0) is 0 Å². The Kier molecular flexibility index (Phi) is 3.12. The van der Waals surface area contributed by atoms with Crippen molar-refractivity contribution in [3.8, 4) is 0 Å². The molecule has 82 valence electrons. The third-order valence-corrected chi connectivity index (χ3v) is 3.08. The van der Waals surface area contributed by atoms with E-state index in [4.69, 9.17) is 11.6 Å². The van der Waals surface area contributed by atoms with Crippen molar-refractivity contribution in [2.75, 3.05) is 25.5 Å². The minimum atomic E-state index is 0.493. The molecule has 15 heavy (non-hydrogen) atoms. The number of pyridine rings is 1. The summed E-state index contributed by atoms with van der Waals surface area (Å²) < 4.78 is 0. The average molecular weight is 226 g/mol. The Bertz CT molecular complexity index is 323. The highest BCUT2D eigenvalue weighted by molar-refractivity contribution is 6.29. The molecule has 0 amide bonds. The summed E-state index contributed by atoms with van der Waals surface area (Å²) >= 11 is 5.78. The standard InChI is InChI=1S/C11H16ClN3/c1-14(2)11-4-3-7-15(11)9-5-6-10(12)13-8-9/h5-6,8,11H,3-4,7H2,1-2H3. The summed E-state index contributed by atoms with van der Waals surface area (Å²) in [5, 5.41) is 0.555. The second-order valence-electron chi connectivity index (χ2n) is 4.12. The molecule has 2 heterocycles. The summed E-state index contributed by atoms with van der Waals surface area (Å²) in [6.45, 7) is 1.10. The van der Waals surface area contributed by atoms with Gasteiger partial charge in [-0.1, -0.05) is 11.6 Å². The first-order chi connectivity index (χ1) is 7.18. The van der Waals surface area contributed by atoms with Gasteiger partial charge in [0, 0.05) is 6.54 Å². The number of nitrogens with zero attached hydrogens (tertiary/aromatic N) is 3. The maximum absolute atomic E-state index is 5.78. The van der Waals surface area contributed by atoms with E-state index in [1.165, 1.54) is 12.8 Å². The Hall–Kier alpha value is -0.800. The van der Waals surface area contributed by atoms with E-state index in [1.54, 1.807) is 0 Å². The summed E-state index contributed by atoms with van der Waals surface area (Å²) in [5.41, 5.74) is 1.16. The zero-order valence-corrected chi connectivity index (χ0v) is 9.91. The first kappa shape index (κ1) is 10.7. The van der Waals surface area contributed by atoms with E-state index in [1.807, 2.05) is 18.3 Å². The van der Waals surface area contributed by atoms with Gasteiger partial charge in [-0.15, -0.1) is 0 Å². The van der Waals surface area contributed by atoms with Crippen LogP contribution in [0.5, 0.6) is 0 Å². The summed E-state index contributed by atoms with van der Waals surface area (Å²) in [5.74, 6) is 0. The van der Waals surface area contributed by atoms with Crippen molar-refractivity contribution in [2.24, 2.45) is 0 Å². The first-order valence-corrected chi connectivity index (χ1v) is 5.61. The number of hydrogen-bond acceptors (Lipinski definition) is 3. The Morgan fingerprint density at radius 2 is 2.27 bits per heavy atom. The molecule has 0 aliphatic carbocycles. The quantitative estimate of drug-likeness (QED) is 0.720. The first-order valence-electron chi connectivity index (χ1n) is 5.23. The molecule has 2 rings (SSSR count). The van der Waals surface area contributed by atoms with E-state index in [-0.39, 0.29) is 0 Å². The predicted octanol–water partition coefficient (Wildman–Crippen LogP) is 2.22. The van der Waals surface area contributed by atoms with Gasteiger partial charge in [0.25, 0.3) is 0 Å². The lowest BCUT2D eigenvalue weighted by Gasteiger charge is -2.31. The summed E-state index contributed by atoms with van der Waals surface area (Å²) in [6.07, 6.45) is 4.80. The fourth-order valence-electron chi connectivity index (χ4n) is 2.13. The summed E-state index contributed by atoms with van der Waals surface area (Å²) in [7, 11) is 4.23. The fraction of sp³-hybridized carbons (Fsp3) is 0.545. The molecule has 1 saturated heterocycles. The highest BCUT2D eigenvalue weighted by Gasteiger charge is 2.26. The van der Waals surface area contributed by atoms with E-state index in [2.05, 4.69) is 28.9 Å². The van der Waals surface area contributed by atoms with Crippen molar-refractivity contribution >= 4 is 17.3 Å². The van der Waals surface area contributed by atoms with Crippen LogP contribution in [0.3, 0.4) is 0 Å². The molecular weight excluding hydrogens is 210 g/mol. The maximum atomic E-state index is 5.78. The van der Waals surface area contributed by atoms with Gasteiger partial charge in [-0.25, -0.2) is 4.98 Å². The minimum absolute atomic E-state index is 0.493. The molecule has 1 aromatic heterocycles. The molecular formula is C11H16ClN3. The molecule has 0 N–H and O–H groups in total. The third kappa shape index (κ3) is 2.24. The van der Waals surface area contributed by atoms with Gasteiger partial charge in [0.2, 0.25) is 0 Å². The van der Waals surface area contributed by atoms with E-state index in [0.29, 0.717) is 11.3 Å². The van der Waals surface area contributed by atoms with Gasteiger partial charge in [-0.2, -0.15) is 0 Å². The lowest BCUT2D eigenvalue weighted by atomic mass is 10.3. The molecule has 0 spiro atoms. The number of aromatic nitrogens is 1. The fourth-order valence-corrected chi connectivity index (χ4v) is 2.24. The van der Waals surface area contributed by atoms with E-state index < -0.39 is 0 Å². The lowest BCUT2D eigenvalue weighted by molar-refractivity contribution is 0.301. The van der Waals surface area contributed by atoms with Gasteiger partial charge >= 0.3 is 0 Å². The number of rotatable bonds is 2. The molecule has 4 heteroatoms. The molecule has 1 aliphatic heterocycles. The summed E-state index contributed by atoms with van der Waals surface area (Å²) in [6, 6.07) is 3.89. The molecule has 1 aromatic rings. The Labute approximate surface area is 95.7 Å².